The van der Waals surface area contributed by atoms with Crippen LogP contribution in [0.4, 0.5) is 0 Å². The third kappa shape index (κ3) is 4.77. The normalized spacial score (nSPS) is 12.6. The standard InChI is InChI=1S/C36H37NO/c1-34(2,3)26-16-20-28(21-17-26)36(38,29-22-18-27(19-23-29)35(4,5)6)31-24-33(25-12-8-7-9-13-25)37-32-15-11-10-14-30(31)32/h7-24,38H,1-6H3. The molecule has 1 heterocycles. The van der Waals surface area contributed by atoms with Crippen LogP contribution in [0.2, 0.25) is 0 Å². The van der Waals surface area contributed by atoms with Crippen molar-refractivity contribution in [2.45, 2.75) is 58.0 Å². The minimum absolute atomic E-state index is 0.0227. The van der Waals surface area contributed by atoms with E-state index in [2.05, 4.69) is 114 Å². The van der Waals surface area contributed by atoms with E-state index in [9.17, 15) is 5.11 Å². The maximum absolute atomic E-state index is 13.0. The van der Waals surface area contributed by atoms with Crippen LogP contribution >= 0.6 is 0 Å². The molecule has 1 N–H and O–H groups in total. The van der Waals surface area contributed by atoms with Gasteiger partial charge in [0, 0.05) is 16.5 Å². The third-order valence-electron chi connectivity index (χ3n) is 7.51. The number of hydrogen-bond acceptors (Lipinski definition) is 2. The van der Waals surface area contributed by atoms with E-state index in [0.717, 1.165) is 38.9 Å². The fraction of sp³-hybridized carbons (Fsp3) is 0.250. The number of hydrogen-bond donors (Lipinski definition) is 1. The average molecular weight is 500 g/mol. The van der Waals surface area contributed by atoms with Crippen molar-refractivity contribution in [3.05, 3.63) is 137 Å². The Kier molecular flexibility index (Phi) is 6.49. The van der Waals surface area contributed by atoms with E-state index in [-0.39, 0.29) is 10.8 Å². The first-order chi connectivity index (χ1) is 18.0. The monoisotopic (exact) mass is 499 g/mol. The van der Waals surface area contributed by atoms with Crippen LogP contribution in [0.15, 0.2) is 109 Å². The van der Waals surface area contributed by atoms with Crippen molar-refractivity contribution in [2.24, 2.45) is 0 Å². The highest BCUT2D eigenvalue weighted by atomic mass is 16.3. The fourth-order valence-electron chi connectivity index (χ4n) is 5.13. The first kappa shape index (κ1) is 25.9. The number of rotatable bonds is 4. The summed E-state index contributed by atoms with van der Waals surface area (Å²) < 4.78 is 0. The first-order valence-electron chi connectivity index (χ1n) is 13.4. The molecule has 0 amide bonds. The van der Waals surface area contributed by atoms with Gasteiger partial charge in [-0.3, -0.25) is 0 Å². The van der Waals surface area contributed by atoms with Gasteiger partial charge in [-0.05, 0) is 45.2 Å². The van der Waals surface area contributed by atoms with Crippen LogP contribution in [0, 0.1) is 0 Å². The number of aromatic nitrogens is 1. The molecule has 0 spiro atoms. The maximum atomic E-state index is 13.0. The van der Waals surface area contributed by atoms with Gasteiger partial charge in [0.2, 0.25) is 0 Å². The number of nitrogens with zero attached hydrogens (tertiary/aromatic N) is 1. The molecule has 0 radical (unpaired) electrons. The average Bonchev–Trinajstić information content (AvgIpc) is 2.91. The Balaban J connectivity index is 1.81. The van der Waals surface area contributed by atoms with Gasteiger partial charge in [-0.1, -0.05) is 139 Å². The fourth-order valence-corrected chi connectivity index (χ4v) is 5.13. The zero-order valence-corrected chi connectivity index (χ0v) is 23.3. The molecule has 5 aromatic rings. The Morgan fingerprint density at radius 1 is 0.526 bits per heavy atom. The van der Waals surface area contributed by atoms with Gasteiger partial charge in [-0.2, -0.15) is 0 Å². The van der Waals surface area contributed by atoms with Crippen molar-refractivity contribution in [2.75, 3.05) is 0 Å². The summed E-state index contributed by atoms with van der Waals surface area (Å²) >= 11 is 0. The maximum Gasteiger partial charge on any atom is 0.141 e. The van der Waals surface area contributed by atoms with Crippen molar-refractivity contribution in [1.29, 1.82) is 0 Å². The van der Waals surface area contributed by atoms with Crippen molar-refractivity contribution in [3.8, 4) is 11.3 Å². The number of aliphatic hydroxyl groups is 1. The third-order valence-corrected chi connectivity index (χ3v) is 7.51. The molecular weight excluding hydrogens is 462 g/mol. The van der Waals surface area contributed by atoms with E-state index < -0.39 is 5.60 Å². The lowest BCUT2D eigenvalue weighted by Crippen LogP contribution is -2.30. The highest BCUT2D eigenvalue weighted by Gasteiger charge is 2.36. The largest absolute Gasteiger partial charge is 0.376 e. The van der Waals surface area contributed by atoms with Gasteiger partial charge in [-0.25, -0.2) is 4.98 Å². The molecule has 4 aromatic carbocycles. The predicted molar refractivity (Wildman–Crippen MR) is 160 cm³/mol. The second-order valence-electron chi connectivity index (χ2n) is 12.3. The van der Waals surface area contributed by atoms with Gasteiger partial charge in [0.15, 0.2) is 0 Å². The SMILES string of the molecule is CC(C)(C)c1ccc(C(O)(c2ccc(C(C)(C)C)cc2)c2cc(-c3ccccc3)nc3ccccc23)cc1. The predicted octanol–water partition coefficient (Wildman–Crippen LogP) is 8.78. The molecule has 0 aliphatic heterocycles. The quantitative estimate of drug-likeness (QED) is 0.268. The van der Waals surface area contributed by atoms with Crippen LogP contribution in [-0.2, 0) is 16.4 Å². The Labute approximate surface area is 227 Å². The minimum atomic E-state index is -1.38. The summed E-state index contributed by atoms with van der Waals surface area (Å²) in [7, 11) is 0. The molecule has 1 aromatic heterocycles. The Morgan fingerprint density at radius 2 is 0.974 bits per heavy atom. The Morgan fingerprint density at radius 3 is 1.47 bits per heavy atom. The van der Waals surface area contributed by atoms with Gasteiger partial charge in [-0.15, -0.1) is 0 Å². The molecule has 5 rings (SSSR count). The van der Waals surface area contributed by atoms with Crippen LogP contribution in [-0.4, -0.2) is 10.1 Å². The van der Waals surface area contributed by atoms with Crippen LogP contribution in [0.25, 0.3) is 22.2 Å². The molecule has 0 unspecified atom stereocenters. The van der Waals surface area contributed by atoms with Crippen molar-refractivity contribution in [3.63, 3.8) is 0 Å². The molecule has 2 nitrogen and oxygen atoms in total. The summed E-state index contributed by atoms with van der Waals surface area (Å²) in [6.45, 7) is 13.3. The van der Waals surface area contributed by atoms with Crippen LogP contribution in [0.5, 0.6) is 0 Å². The smallest absolute Gasteiger partial charge is 0.141 e. The van der Waals surface area contributed by atoms with Gasteiger partial charge in [0.1, 0.15) is 5.60 Å². The van der Waals surface area contributed by atoms with E-state index in [1.54, 1.807) is 0 Å². The summed E-state index contributed by atoms with van der Waals surface area (Å²) in [5.41, 5.74) is 6.36. The summed E-state index contributed by atoms with van der Waals surface area (Å²) in [5.74, 6) is 0. The molecule has 0 saturated carbocycles. The van der Waals surface area contributed by atoms with Gasteiger partial charge < -0.3 is 5.11 Å². The number of para-hydroxylation sites is 1. The lowest BCUT2D eigenvalue weighted by Gasteiger charge is -2.33. The molecule has 0 saturated heterocycles. The highest BCUT2D eigenvalue weighted by molar-refractivity contribution is 5.87. The Bertz CT molecular complexity index is 1490. The number of fused-ring (bicyclic) bond motifs is 1. The van der Waals surface area contributed by atoms with Crippen molar-refractivity contribution >= 4 is 10.9 Å². The summed E-state index contributed by atoms with van der Waals surface area (Å²) in [4.78, 5) is 4.99. The van der Waals surface area contributed by atoms with Gasteiger partial charge in [0.05, 0.1) is 11.2 Å². The molecule has 0 aliphatic rings. The molecular formula is C36H37NO. The number of pyridine rings is 1. The zero-order chi connectivity index (χ0) is 27.1. The second-order valence-corrected chi connectivity index (χ2v) is 12.3. The molecule has 0 atom stereocenters. The zero-order valence-electron chi connectivity index (χ0n) is 23.3. The summed E-state index contributed by atoms with van der Waals surface area (Å²) in [6.07, 6.45) is 0. The Hall–Kier alpha value is -3.75. The summed E-state index contributed by atoms with van der Waals surface area (Å²) in [5, 5.41) is 13.9. The van der Waals surface area contributed by atoms with E-state index in [1.807, 2.05) is 36.4 Å². The van der Waals surface area contributed by atoms with Crippen LogP contribution in [0.1, 0.15) is 69.4 Å². The molecule has 0 fully saturated rings. The van der Waals surface area contributed by atoms with E-state index >= 15 is 0 Å². The van der Waals surface area contributed by atoms with Crippen molar-refractivity contribution < 1.29 is 5.11 Å². The number of benzene rings is 4. The van der Waals surface area contributed by atoms with E-state index in [4.69, 9.17) is 4.98 Å². The van der Waals surface area contributed by atoms with E-state index in [0.29, 0.717) is 0 Å². The van der Waals surface area contributed by atoms with Crippen LogP contribution < -0.4 is 0 Å². The summed E-state index contributed by atoms with van der Waals surface area (Å²) in [6, 6.07) is 37.2. The van der Waals surface area contributed by atoms with Crippen molar-refractivity contribution in [1.82, 2.24) is 4.98 Å². The highest BCUT2D eigenvalue weighted by Crippen LogP contribution is 2.42. The lowest BCUT2D eigenvalue weighted by atomic mass is 9.76. The molecule has 2 heteroatoms. The molecule has 0 bridgehead atoms. The van der Waals surface area contributed by atoms with E-state index in [1.165, 1.54) is 11.1 Å². The van der Waals surface area contributed by atoms with Crippen LogP contribution in [0.3, 0.4) is 0 Å². The molecule has 38 heavy (non-hydrogen) atoms. The van der Waals surface area contributed by atoms with Gasteiger partial charge >= 0.3 is 0 Å². The topological polar surface area (TPSA) is 33.1 Å². The lowest BCUT2D eigenvalue weighted by molar-refractivity contribution is 0.127. The molecule has 0 aliphatic carbocycles. The van der Waals surface area contributed by atoms with Gasteiger partial charge in [0.25, 0.3) is 0 Å². The minimum Gasteiger partial charge on any atom is -0.376 e. The molecule has 192 valence electrons. The first-order valence-corrected chi connectivity index (χ1v) is 13.4. The second kappa shape index (κ2) is 9.53.